The first-order chi connectivity index (χ1) is 13.4. The van der Waals surface area contributed by atoms with Crippen molar-refractivity contribution in [3.05, 3.63) is 52.6 Å². The second-order valence-corrected chi connectivity index (χ2v) is 7.71. The number of carboxylic acids is 1. The molecular formula is C19H19ClFN3O4. The van der Waals surface area contributed by atoms with E-state index in [2.05, 4.69) is 5.10 Å². The first kappa shape index (κ1) is 18.9. The van der Waals surface area contributed by atoms with Crippen molar-refractivity contribution in [3.8, 4) is 0 Å². The van der Waals surface area contributed by atoms with Crippen molar-refractivity contribution in [2.45, 2.75) is 25.6 Å². The molecular weight excluding hydrogens is 389 g/mol. The van der Waals surface area contributed by atoms with Crippen LogP contribution in [-0.2, 0) is 11.3 Å². The van der Waals surface area contributed by atoms with Gasteiger partial charge in [0.1, 0.15) is 5.82 Å². The molecule has 2 aromatic rings. The highest BCUT2D eigenvalue weighted by atomic mass is 35.5. The zero-order valence-corrected chi connectivity index (χ0v) is 15.7. The lowest BCUT2D eigenvalue weighted by Gasteiger charge is -2.19. The lowest BCUT2D eigenvalue weighted by molar-refractivity contribution is 0.0382. The van der Waals surface area contributed by atoms with Crippen LogP contribution in [-0.4, -0.2) is 51.0 Å². The van der Waals surface area contributed by atoms with E-state index in [-0.39, 0.29) is 30.3 Å². The summed E-state index contributed by atoms with van der Waals surface area (Å²) in [5, 5.41) is 13.2. The first-order valence-electron chi connectivity index (χ1n) is 9.04. The predicted molar refractivity (Wildman–Crippen MR) is 97.8 cm³/mol. The summed E-state index contributed by atoms with van der Waals surface area (Å²) in [5.74, 6) is -0.855. The van der Waals surface area contributed by atoms with Gasteiger partial charge >= 0.3 is 12.0 Å². The van der Waals surface area contributed by atoms with Crippen molar-refractivity contribution in [2.24, 2.45) is 11.8 Å². The molecule has 3 atom stereocenters. The molecule has 0 unspecified atom stereocenters. The number of aromatic carboxylic acids is 1. The molecule has 1 saturated carbocycles. The second kappa shape index (κ2) is 7.52. The van der Waals surface area contributed by atoms with E-state index in [0.717, 1.165) is 17.5 Å². The van der Waals surface area contributed by atoms with Crippen LogP contribution in [0.3, 0.4) is 0 Å². The second-order valence-electron chi connectivity index (χ2n) is 7.30. The molecule has 1 amide bonds. The molecule has 1 aromatic heterocycles. The van der Waals surface area contributed by atoms with Crippen molar-refractivity contribution in [2.75, 3.05) is 13.1 Å². The van der Waals surface area contributed by atoms with Gasteiger partial charge in [-0.3, -0.25) is 0 Å². The smallest absolute Gasteiger partial charge is 0.356 e. The highest BCUT2D eigenvalue weighted by molar-refractivity contribution is 6.31. The number of ether oxygens (including phenoxy) is 1. The minimum absolute atomic E-state index is 0.0508. The average Bonchev–Trinajstić information content (AvgIpc) is 3.36. The van der Waals surface area contributed by atoms with Crippen LogP contribution >= 0.6 is 11.6 Å². The number of halogens is 2. The van der Waals surface area contributed by atoms with E-state index in [0.29, 0.717) is 35.5 Å². The van der Waals surface area contributed by atoms with Gasteiger partial charge in [0.25, 0.3) is 0 Å². The number of carbonyl (C=O) groups is 2. The molecule has 4 rings (SSSR count). The molecule has 2 heterocycles. The monoisotopic (exact) mass is 407 g/mol. The summed E-state index contributed by atoms with van der Waals surface area (Å²) in [6, 6.07) is 5.21. The van der Waals surface area contributed by atoms with Gasteiger partial charge < -0.3 is 14.7 Å². The number of rotatable bonds is 4. The van der Waals surface area contributed by atoms with Crippen LogP contribution in [0.25, 0.3) is 0 Å². The lowest BCUT2D eigenvalue weighted by atomic mass is 10.0. The number of benzene rings is 1. The summed E-state index contributed by atoms with van der Waals surface area (Å²) in [6.07, 6.45) is 3.06. The molecule has 0 spiro atoms. The summed E-state index contributed by atoms with van der Waals surface area (Å²) >= 11 is 6.08. The van der Waals surface area contributed by atoms with Gasteiger partial charge in [-0.1, -0.05) is 11.6 Å². The van der Waals surface area contributed by atoms with E-state index in [4.69, 9.17) is 21.4 Å². The van der Waals surface area contributed by atoms with Crippen molar-refractivity contribution in [1.82, 2.24) is 14.7 Å². The maximum atomic E-state index is 13.3. The zero-order valence-electron chi connectivity index (χ0n) is 14.9. The van der Waals surface area contributed by atoms with Crippen LogP contribution in [0.5, 0.6) is 0 Å². The Labute approximate surface area is 165 Å². The number of carboxylic acid groups (broad SMARTS) is 1. The van der Waals surface area contributed by atoms with Crippen molar-refractivity contribution >= 4 is 23.6 Å². The third-order valence-corrected chi connectivity index (χ3v) is 5.83. The van der Waals surface area contributed by atoms with E-state index < -0.39 is 5.97 Å². The topological polar surface area (TPSA) is 84.7 Å². The molecule has 1 aliphatic heterocycles. The summed E-state index contributed by atoms with van der Waals surface area (Å²) < 4.78 is 20.4. The molecule has 0 radical (unpaired) electrons. The fourth-order valence-electron chi connectivity index (χ4n) is 4.09. The minimum atomic E-state index is -1.16. The summed E-state index contributed by atoms with van der Waals surface area (Å²) in [4.78, 5) is 25.1. The van der Waals surface area contributed by atoms with Gasteiger partial charge in [0, 0.05) is 24.3 Å². The largest absolute Gasteiger partial charge is 0.476 e. The number of hydrogen-bond acceptors (Lipinski definition) is 4. The Morgan fingerprint density at radius 3 is 2.61 bits per heavy atom. The number of amides is 1. The van der Waals surface area contributed by atoms with Gasteiger partial charge in [-0.05, 0) is 54.5 Å². The number of likely N-dealkylation sites (tertiary alicyclic amines) is 1. The van der Waals surface area contributed by atoms with Crippen molar-refractivity contribution in [3.63, 3.8) is 0 Å². The molecule has 2 fully saturated rings. The van der Waals surface area contributed by atoms with Crippen molar-refractivity contribution < 1.29 is 23.8 Å². The standard InChI is InChI=1S/C19H19ClFN3O4/c20-16-2-1-14(21)5-13(16)10-28-15-6-11-8-23(9-12(11)7-15)19(27)24-4-3-17(22-24)18(25)26/h1-5,11-12,15H,6-10H2,(H,25,26)/t11-,12+,15+. The molecule has 7 nitrogen and oxygen atoms in total. The Kier molecular flexibility index (Phi) is 5.07. The highest BCUT2D eigenvalue weighted by Gasteiger charge is 2.43. The normalized spacial score (nSPS) is 23.8. The van der Waals surface area contributed by atoms with Crippen LogP contribution in [0, 0.1) is 17.7 Å². The summed E-state index contributed by atoms with van der Waals surface area (Å²) in [5.41, 5.74) is 0.473. The quantitative estimate of drug-likeness (QED) is 0.840. The van der Waals surface area contributed by atoms with Crippen LogP contribution in [0.2, 0.25) is 5.02 Å². The summed E-state index contributed by atoms with van der Waals surface area (Å²) in [6.45, 7) is 1.44. The molecule has 1 aromatic carbocycles. The Balaban J connectivity index is 1.31. The van der Waals surface area contributed by atoms with E-state index in [1.807, 2.05) is 0 Å². The molecule has 2 aliphatic rings. The fourth-order valence-corrected chi connectivity index (χ4v) is 4.26. The van der Waals surface area contributed by atoms with E-state index in [9.17, 15) is 14.0 Å². The molecule has 1 aliphatic carbocycles. The first-order valence-corrected chi connectivity index (χ1v) is 9.42. The van der Waals surface area contributed by atoms with Gasteiger partial charge in [0.05, 0.1) is 12.7 Å². The lowest BCUT2D eigenvalue weighted by Crippen LogP contribution is -2.34. The van der Waals surface area contributed by atoms with Crippen LogP contribution in [0.4, 0.5) is 9.18 Å². The molecule has 1 N–H and O–H groups in total. The van der Waals surface area contributed by atoms with E-state index in [1.54, 1.807) is 4.90 Å². The number of fused-ring (bicyclic) bond motifs is 1. The SMILES string of the molecule is O=C(O)c1ccn(C(=O)N2C[C@H]3C[C@H](OCc4cc(F)ccc4Cl)C[C@H]3C2)n1. The van der Waals surface area contributed by atoms with Gasteiger partial charge in [0.2, 0.25) is 0 Å². The van der Waals surface area contributed by atoms with Gasteiger partial charge in [-0.25, -0.2) is 14.0 Å². The summed E-state index contributed by atoms with van der Waals surface area (Å²) in [7, 11) is 0. The van der Waals surface area contributed by atoms with E-state index in [1.165, 1.54) is 30.5 Å². The maximum Gasteiger partial charge on any atom is 0.356 e. The van der Waals surface area contributed by atoms with Gasteiger partial charge in [0.15, 0.2) is 5.69 Å². The Bertz CT molecular complexity index is 904. The molecule has 28 heavy (non-hydrogen) atoms. The van der Waals surface area contributed by atoms with Gasteiger partial charge in [-0.15, -0.1) is 0 Å². The Morgan fingerprint density at radius 1 is 1.25 bits per heavy atom. The molecule has 0 bridgehead atoms. The van der Waals surface area contributed by atoms with Crippen LogP contribution < -0.4 is 0 Å². The number of hydrogen-bond donors (Lipinski definition) is 1. The van der Waals surface area contributed by atoms with E-state index >= 15 is 0 Å². The number of nitrogens with zero attached hydrogens (tertiary/aromatic N) is 3. The maximum absolute atomic E-state index is 13.3. The average molecular weight is 408 g/mol. The molecule has 9 heteroatoms. The predicted octanol–water partition coefficient (Wildman–Crippen LogP) is 3.27. The molecule has 1 saturated heterocycles. The van der Waals surface area contributed by atoms with Crippen molar-refractivity contribution in [1.29, 1.82) is 0 Å². The Hall–Kier alpha value is -2.45. The van der Waals surface area contributed by atoms with Crippen LogP contribution in [0.1, 0.15) is 28.9 Å². The van der Waals surface area contributed by atoms with Crippen LogP contribution in [0.15, 0.2) is 30.5 Å². The third kappa shape index (κ3) is 3.74. The molecule has 148 valence electrons. The number of carbonyl (C=O) groups excluding carboxylic acids is 1. The third-order valence-electron chi connectivity index (χ3n) is 5.46. The minimum Gasteiger partial charge on any atom is -0.476 e. The Morgan fingerprint density at radius 2 is 1.96 bits per heavy atom. The highest BCUT2D eigenvalue weighted by Crippen LogP contribution is 2.40. The van der Waals surface area contributed by atoms with Gasteiger partial charge in [-0.2, -0.15) is 9.78 Å². The number of aromatic nitrogens is 2. The zero-order chi connectivity index (χ0) is 19.8. The fraction of sp³-hybridized carbons (Fsp3) is 0.421.